The first-order chi connectivity index (χ1) is 9.70. The van der Waals surface area contributed by atoms with Crippen LogP contribution in [0.25, 0.3) is 0 Å². The molecule has 0 heterocycles. The van der Waals surface area contributed by atoms with Crippen molar-refractivity contribution in [1.82, 2.24) is 0 Å². The Morgan fingerprint density at radius 2 is 1.38 bits per heavy atom. The first-order valence-electron chi connectivity index (χ1n) is 7.80. The van der Waals surface area contributed by atoms with Gasteiger partial charge in [0.15, 0.2) is 0 Å². The third-order valence-corrected chi connectivity index (χ3v) is 7.39. The lowest BCUT2D eigenvalue weighted by molar-refractivity contribution is 0.00863. The van der Waals surface area contributed by atoms with E-state index in [9.17, 15) is 0 Å². The van der Waals surface area contributed by atoms with E-state index in [1.54, 1.807) is 0 Å². The highest BCUT2D eigenvalue weighted by atomic mass is 28.4. The summed E-state index contributed by atoms with van der Waals surface area (Å²) in [6.45, 7) is 16.8. The second-order valence-electron chi connectivity index (χ2n) is 6.67. The standard InChI is InChI=1S/C18H30O2Si/c1-8-17(4,5)19-21(10-3,20-18(6,7)9-2)16-14-12-11-13-15-16/h10-15H,3,8-9H2,1-2,4-7H3. The first kappa shape index (κ1) is 18.1. The predicted molar refractivity (Wildman–Crippen MR) is 92.9 cm³/mol. The topological polar surface area (TPSA) is 18.5 Å². The van der Waals surface area contributed by atoms with Crippen LogP contribution in [0.1, 0.15) is 54.4 Å². The number of benzene rings is 1. The van der Waals surface area contributed by atoms with Gasteiger partial charge < -0.3 is 8.85 Å². The van der Waals surface area contributed by atoms with Crippen LogP contribution < -0.4 is 5.19 Å². The molecule has 0 amide bonds. The lowest BCUT2D eigenvalue weighted by atomic mass is 10.1. The second kappa shape index (κ2) is 6.90. The van der Waals surface area contributed by atoms with Crippen molar-refractivity contribution in [2.24, 2.45) is 0 Å². The molecule has 1 aromatic rings. The van der Waals surface area contributed by atoms with E-state index >= 15 is 0 Å². The fourth-order valence-electron chi connectivity index (χ4n) is 1.98. The number of hydrogen-bond acceptors (Lipinski definition) is 2. The molecule has 0 aliphatic rings. The van der Waals surface area contributed by atoms with Gasteiger partial charge in [-0.2, -0.15) is 0 Å². The highest BCUT2D eigenvalue weighted by molar-refractivity contribution is 6.85. The molecule has 0 unspecified atom stereocenters. The van der Waals surface area contributed by atoms with Crippen molar-refractivity contribution >= 4 is 13.7 Å². The molecule has 0 N–H and O–H groups in total. The summed E-state index contributed by atoms with van der Waals surface area (Å²) >= 11 is 0. The summed E-state index contributed by atoms with van der Waals surface area (Å²) in [7, 11) is -2.69. The summed E-state index contributed by atoms with van der Waals surface area (Å²) < 4.78 is 13.1. The average molecular weight is 307 g/mol. The third-order valence-electron chi connectivity index (χ3n) is 4.00. The fraction of sp³-hybridized carbons (Fsp3) is 0.556. The summed E-state index contributed by atoms with van der Waals surface area (Å²) in [5.74, 6) is 0. The van der Waals surface area contributed by atoms with Crippen LogP contribution in [-0.4, -0.2) is 19.8 Å². The summed E-state index contributed by atoms with van der Waals surface area (Å²) in [4.78, 5) is 0. The Bertz CT molecular complexity index is 434. The molecule has 1 rings (SSSR count). The minimum atomic E-state index is -2.69. The maximum Gasteiger partial charge on any atom is 0.399 e. The van der Waals surface area contributed by atoms with Gasteiger partial charge >= 0.3 is 8.56 Å². The molecule has 0 saturated carbocycles. The minimum absolute atomic E-state index is 0.236. The second-order valence-corrected chi connectivity index (χ2v) is 9.40. The quantitative estimate of drug-likeness (QED) is 0.660. The van der Waals surface area contributed by atoms with Crippen LogP contribution >= 0.6 is 0 Å². The average Bonchev–Trinajstić information content (AvgIpc) is 2.47. The van der Waals surface area contributed by atoms with Crippen LogP contribution in [0, 0.1) is 0 Å². The highest BCUT2D eigenvalue weighted by Crippen LogP contribution is 2.28. The van der Waals surface area contributed by atoms with E-state index < -0.39 is 8.56 Å². The van der Waals surface area contributed by atoms with Crippen LogP contribution in [0.15, 0.2) is 42.6 Å². The van der Waals surface area contributed by atoms with Crippen LogP contribution in [0.4, 0.5) is 0 Å². The molecule has 21 heavy (non-hydrogen) atoms. The Morgan fingerprint density at radius 3 is 1.71 bits per heavy atom. The van der Waals surface area contributed by atoms with E-state index in [0.717, 1.165) is 18.0 Å². The van der Waals surface area contributed by atoms with Crippen LogP contribution in [0.3, 0.4) is 0 Å². The van der Waals surface area contributed by atoms with Crippen molar-refractivity contribution in [3.63, 3.8) is 0 Å². The molecule has 0 saturated heterocycles. The molecule has 0 aliphatic heterocycles. The normalized spacial score (nSPS) is 13.2. The van der Waals surface area contributed by atoms with Gasteiger partial charge in [-0.15, -0.1) is 6.58 Å². The van der Waals surface area contributed by atoms with Crippen molar-refractivity contribution in [3.8, 4) is 0 Å². The van der Waals surface area contributed by atoms with Gasteiger partial charge in [0.2, 0.25) is 0 Å². The summed E-state index contributed by atoms with van der Waals surface area (Å²) in [6, 6.07) is 10.3. The SMILES string of the molecule is C=C[Si](OC(C)(C)CC)(OC(C)(C)CC)c1ccccc1. The van der Waals surface area contributed by atoms with E-state index in [0.29, 0.717) is 0 Å². The smallest absolute Gasteiger partial charge is 0.383 e. The van der Waals surface area contributed by atoms with Crippen molar-refractivity contribution in [2.45, 2.75) is 65.6 Å². The number of rotatable bonds is 8. The first-order valence-corrected chi connectivity index (χ1v) is 9.69. The van der Waals surface area contributed by atoms with Crippen LogP contribution in [0.2, 0.25) is 0 Å². The lowest BCUT2D eigenvalue weighted by Crippen LogP contribution is -2.59. The van der Waals surface area contributed by atoms with Crippen molar-refractivity contribution in [2.75, 3.05) is 0 Å². The predicted octanol–water partition coefficient (Wildman–Crippen LogP) is 4.47. The highest BCUT2D eigenvalue weighted by Gasteiger charge is 2.45. The Balaban J connectivity index is 3.29. The largest absolute Gasteiger partial charge is 0.399 e. The van der Waals surface area contributed by atoms with Gasteiger partial charge in [0, 0.05) is 0 Å². The van der Waals surface area contributed by atoms with Crippen LogP contribution in [0.5, 0.6) is 0 Å². The number of hydrogen-bond donors (Lipinski definition) is 0. The van der Waals surface area contributed by atoms with Crippen molar-refractivity contribution in [3.05, 3.63) is 42.6 Å². The Kier molecular flexibility index (Phi) is 5.97. The van der Waals surface area contributed by atoms with Gasteiger partial charge in [-0.1, -0.05) is 44.2 Å². The molecule has 3 heteroatoms. The zero-order chi connectivity index (χ0) is 16.1. The van der Waals surface area contributed by atoms with Crippen LogP contribution in [-0.2, 0) is 8.85 Å². The summed E-state index contributed by atoms with van der Waals surface area (Å²) in [6.07, 6.45) is 1.86. The molecule has 0 spiro atoms. The van der Waals surface area contributed by atoms with Gasteiger partial charge in [-0.3, -0.25) is 0 Å². The Labute approximate surface area is 131 Å². The van der Waals surface area contributed by atoms with Gasteiger partial charge in [0.05, 0.1) is 11.2 Å². The van der Waals surface area contributed by atoms with Crippen molar-refractivity contribution < 1.29 is 8.85 Å². The Morgan fingerprint density at radius 1 is 0.952 bits per heavy atom. The molecule has 1 aromatic carbocycles. The molecule has 118 valence electrons. The van der Waals surface area contributed by atoms with E-state index in [1.807, 2.05) is 23.9 Å². The maximum absolute atomic E-state index is 6.55. The zero-order valence-electron chi connectivity index (χ0n) is 14.4. The van der Waals surface area contributed by atoms with E-state index in [-0.39, 0.29) is 11.2 Å². The third kappa shape index (κ3) is 4.80. The molecule has 0 fully saturated rings. The molecule has 0 aromatic heterocycles. The maximum atomic E-state index is 6.55. The fourth-order valence-corrected chi connectivity index (χ4v) is 5.24. The summed E-state index contributed by atoms with van der Waals surface area (Å²) in [5.41, 5.74) is 1.44. The van der Waals surface area contributed by atoms with Crippen molar-refractivity contribution in [1.29, 1.82) is 0 Å². The van der Waals surface area contributed by atoms with E-state index in [2.05, 4.69) is 60.3 Å². The summed E-state index contributed by atoms with van der Waals surface area (Å²) in [5, 5.41) is 1.11. The lowest BCUT2D eigenvalue weighted by Gasteiger charge is -2.41. The van der Waals surface area contributed by atoms with E-state index in [1.165, 1.54) is 0 Å². The van der Waals surface area contributed by atoms with Gasteiger partial charge in [0.1, 0.15) is 0 Å². The molecular formula is C18H30O2Si. The molecule has 2 nitrogen and oxygen atoms in total. The van der Waals surface area contributed by atoms with E-state index in [4.69, 9.17) is 8.85 Å². The molecule has 0 radical (unpaired) electrons. The van der Waals surface area contributed by atoms with Gasteiger partial charge in [-0.05, 0) is 51.4 Å². The molecule has 0 atom stereocenters. The van der Waals surface area contributed by atoms with Gasteiger partial charge in [-0.25, -0.2) is 0 Å². The Hall–Kier alpha value is -0.903. The zero-order valence-corrected chi connectivity index (χ0v) is 15.4. The molecule has 0 bridgehead atoms. The monoisotopic (exact) mass is 306 g/mol. The minimum Gasteiger partial charge on any atom is -0.383 e. The molecule has 0 aliphatic carbocycles. The molecular weight excluding hydrogens is 276 g/mol. The van der Waals surface area contributed by atoms with Gasteiger partial charge in [0.25, 0.3) is 0 Å².